The molecule has 3 rings (SSSR count). The van der Waals surface area contributed by atoms with Gasteiger partial charge in [-0.05, 0) is 83.7 Å². The second-order valence-corrected chi connectivity index (χ2v) is 12.8. The van der Waals surface area contributed by atoms with Crippen LogP contribution in [0.25, 0.3) is 0 Å². The van der Waals surface area contributed by atoms with Crippen LogP contribution in [0.3, 0.4) is 0 Å². The highest BCUT2D eigenvalue weighted by atomic mass is 79.9. The highest BCUT2D eigenvalue weighted by molar-refractivity contribution is 9.10. The molecule has 0 aromatic heterocycles. The predicted molar refractivity (Wildman–Crippen MR) is 172 cm³/mol. The van der Waals surface area contributed by atoms with E-state index >= 15 is 0 Å². The lowest BCUT2D eigenvalue weighted by atomic mass is 10.1. The molecule has 0 aliphatic heterocycles. The molecule has 0 aliphatic rings. The van der Waals surface area contributed by atoms with E-state index in [-0.39, 0.29) is 17.3 Å². The maximum absolute atomic E-state index is 14.2. The lowest BCUT2D eigenvalue weighted by molar-refractivity contribution is -0.140. The van der Waals surface area contributed by atoms with Crippen molar-refractivity contribution < 1.29 is 27.5 Å². The molecule has 0 spiro atoms. The Morgan fingerprint density at radius 2 is 1.70 bits per heavy atom. The zero-order chi connectivity index (χ0) is 31.6. The molecule has 2 amide bonds. The minimum absolute atomic E-state index is 0.0164. The summed E-state index contributed by atoms with van der Waals surface area (Å²) in [5.41, 5.74) is 2.01. The molecule has 1 N–H and O–H groups in total. The van der Waals surface area contributed by atoms with E-state index in [1.165, 1.54) is 24.1 Å². The van der Waals surface area contributed by atoms with Crippen LogP contribution in [0.5, 0.6) is 11.5 Å². The van der Waals surface area contributed by atoms with Gasteiger partial charge in [-0.15, -0.1) is 0 Å². The van der Waals surface area contributed by atoms with Gasteiger partial charge in [0.2, 0.25) is 11.8 Å². The molecule has 9 nitrogen and oxygen atoms in total. The predicted octanol–water partition coefficient (Wildman–Crippen LogP) is 5.69. The maximum atomic E-state index is 14.2. The Hall–Kier alpha value is -3.57. The minimum atomic E-state index is -4.22. The summed E-state index contributed by atoms with van der Waals surface area (Å²) in [5.74, 6) is 0.286. The van der Waals surface area contributed by atoms with Crippen LogP contribution in [0.2, 0.25) is 0 Å². The van der Waals surface area contributed by atoms with Crippen molar-refractivity contribution in [1.82, 2.24) is 10.2 Å². The number of hydrogen-bond acceptors (Lipinski definition) is 6. The topological polar surface area (TPSA) is 105 Å². The van der Waals surface area contributed by atoms with E-state index in [1.807, 2.05) is 32.9 Å². The van der Waals surface area contributed by atoms with E-state index in [9.17, 15) is 18.0 Å². The van der Waals surface area contributed by atoms with Gasteiger partial charge in [-0.2, -0.15) is 0 Å². The fraction of sp³-hybridized carbons (Fsp3) is 0.375. The van der Waals surface area contributed by atoms with Gasteiger partial charge < -0.3 is 19.7 Å². The van der Waals surface area contributed by atoms with Crippen molar-refractivity contribution in [3.63, 3.8) is 0 Å². The molecule has 0 fully saturated rings. The number of anilines is 1. The first-order valence-corrected chi connectivity index (χ1v) is 16.4. The molecule has 0 heterocycles. The second-order valence-electron chi connectivity index (χ2n) is 10.1. The first-order valence-electron chi connectivity index (χ1n) is 14.2. The van der Waals surface area contributed by atoms with E-state index in [1.54, 1.807) is 49.6 Å². The van der Waals surface area contributed by atoms with E-state index in [4.69, 9.17) is 9.47 Å². The Balaban J connectivity index is 2.06. The molecule has 0 saturated carbocycles. The number of halogens is 1. The van der Waals surface area contributed by atoms with Gasteiger partial charge in [0.05, 0.1) is 29.3 Å². The Kier molecular flexibility index (Phi) is 12.4. The molecule has 0 bridgehead atoms. The van der Waals surface area contributed by atoms with Gasteiger partial charge in [-0.25, -0.2) is 8.42 Å². The van der Waals surface area contributed by atoms with E-state index < -0.39 is 28.5 Å². The second kappa shape index (κ2) is 15.8. The third kappa shape index (κ3) is 8.73. The molecule has 0 unspecified atom stereocenters. The van der Waals surface area contributed by atoms with Crippen LogP contribution in [0.15, 0.2) is 76.1 Å². The summed E-state index contributed by atoms with van der Waals surface area (Å²) >= 11 is 3.37. The van der Waals surface area contributed by atoms with E-state index in [2.05, 4.69) is 21.2 Å². The molecule has 43 heavy (non-hydrogen) atoms. The van der Waals surface area contributed by atoms with E-state index in [0.29, 0.717) is 34.6 Å². The number of nitrogens with one attached hydrogen (secondary N) is 1. The molecular formula is C32H40BrN3O6S. The van der Waals surface area contributed by atoms with Crippen LogP contribution in [0.1, 0.15) is 44.2 Å². The fourth-order valence-electron chi connectivity index (χ4n) is 4.57. The molecule has 232 valence electrons. The molecule has 3 aromatic carbocycles. The number of unbranched alkanes of at least 4 members (excludes halogenated alkanes) is 1. The number of rotatable bonds is 15. The Labute approximate surface area is 263 Å². The van der Waals surface area contributed by atoms with Crippen LogP contribution in [0.4, 0.5) is 5.69 Å². The fourth-order valence-corrected chi connectivity index (χ4v) is 6.70. The largest absolute Gasteiger partial charge is 0.497 e. The molecule has 0 saturated heterocycles. The number of sulfonamides is 1. The Morgan fingerprint density at radius 3 is 2.30 bits per heavy atom. The standard InChI is InChI=1S/C32H40BrN3O6S/c1-6-8-18-34-32(38)29(7-2)35(21-24-10-9-11-26(19-24)41-4)31(37)22-36(25-14-12-23(3)13-15-25)43(39,40)27-16-17-30(42-5)28(33)20-27/h9-17,19-20,29H,6-8,18,21-22H2,1-5H3,(H,34,38)/t29-/m0/s1. The van der Waals surface area contributed by atoms with Crippen molar-refractivity contribution >= 4 is 43.5 Å². The quantitative estimate of drug-likeness (QED) is 0.208. The number of hydrogen-bond donors (Lipinski definition) is 1. The lowest BCUT2D eigenvalue weighted by Gasteiger charge is -2.33. The van der Waals surface area contributed by atoms with Crippen LogP contribution in [-0.2, 0) is 26.2 Å². The van der Waals surface area contributed by atoms with Gasteiger partial charge in [0.15, 0.2) is 0 Å². The van der Waals surface area contributed by atoms with Crippen LogP contribution < -0.4 is 19.1 Å². The van der Waals surface area contributed by atoms with Gasteiger partial charge in [0, 0.05) is 13.1 Å². The zero-order valence-corrected chi connectivity index (χ0v) is 27.7. The van der Waals surface area contributed by atoms with Crippen molar-refractivity contribution in [3.05, 3.63) is 82.3 Å². The van der Waals surface area contributed by atoms with Gasteiger partial charge in [0.1, 0.15) is 24.1 Å². The Morgan fingerprint density at radius 1 is 0.977 bits per heavy atom. The average Bonchev–Trinajstić information content (AvgIpc) is 3.00. The lowest BCUT2D eigenvalue weighted by Crippen LogP contribution is -2.52. The zero-order valence-electron chi connectivity index (χ0n) is 25.3. The summed E-state index contributed by atoms with van der Waals surface area (Å²) < 4.78 is 40.4. The third-order valence-electron chi connectivity index (χ3n) is 7.01. The van der Waals surface area contributed by atoms with Crippen molar-refractivity contribution in [1.29, 1.82) is 0 Å². The summed E-state index contributed by atoms with van der Waals surface area (Å²) in [6.07, 6.45) is 2.06. The highest BCUT2D eigenvalue weighted by Crippen LogP contribution is 2.31. The number of benzene rings is 3. The molecular weight excluding hydrogens is 634 g/mol. The van der Waals surface area contributed by atoms with E-state index in [0.717, 1.165) is 28.3 Å². The van der Waals surface area contributed by atoms with Crippen molar-refractivity contribution in [3.8, 4) is 11.5 Å². The summed E-state index contributed by atoms with van der Waals surface area (Å²) in [7, 11) is -1.17. The molecule has 0 aliphatic carbocycles. The van der Waals surface area contributed by atoms with Crippen LogP contribution in [0, 0.1) is 6.92 Å². The van der Waals surface area contributed by atoms with Crippen molar-refractivity contribution in [2.45, 2.75) is 57.5 Å². The molecule has 1 atom stereocenters. The van der Waals surface area contributed by atoms with Crippen LogP contribution >= 0.6 is 15.9 Å². The van der Waals surface area contributed by atoms with Crippen LogP contribution in [-0.4, -0.2) is 58.5 Å². The first-order chi connectivity index (χ1) is 20.5. The molecule has 11 heteroatoms. The monoisotopic (exact) mass is 673 g/mol. The number of methoxy groups -OCH3 is 2. The van der Waals surface area contributed by atoms with Crippen molar-refractivity contribution in [2.75, 3.05) is 31.6 Å². The SMILES string of the molecule is CCCCNC(=O)[C@H](CC)N(Cc1cccc(OC)c1)C(=O)CN(c1ccc(C)cc1)S(=O)(=O)c1ccc(OC)c(Br)c1. The average molecular weight is 675 g/mol. The third-order valence-corrected chi connectivity index (χ3v) is 9.40. The number of carbonyl (C=O) groups is 2. The smallest absolute Gasteiger partial charge is 0.264 e. The Bertz CT molecular complexity index is 1500. The highest BCUT2D eigenvalue weighted by Gasteiger charge is 2.34. The normalized spacial score (nSPS) is 11.9. The number of ether oxygens (including phenoxy) is 2. The first kappa shape index (κ1) is 33.9. The summed E-state index contributed by atoms with van der Waals surface area (Å²) in [4.78, 5) is 29.0. The number of amides is 2. The van der Waals surface area contributed by atoms with Gasteiger partial charge >= 0.3 is 0 Å². The summed E-state index contributed by atoms with van der Waals surface area (Å²) in [5, 5.41) is 2.94. The molecule has 3 aromatic rings. The van der Waals surface area contributed by atoms with Gasteiger partial charge in [-0.1, -0.05) is 50.1 Å². The molecule has 0 radical (unpaired) electrons. The van der Waals surface area contributed by atoms with Crippen molar-refractivity contribution in [2.24, 2.45) is 0 Å². The summed E-state index contributed by atoms with van der Waals surface area (Å²) in [6.45, 7) is 5.82. The number of nitrogens with zero attached hydrogens (tertiary/aromatic N) is 2. The maximum Gasteiger partial charge on any atom is 0.264 e. The summed E-state index contributed by atoms with van der Waals surface area (Å²) in [6, 6.07) is 17.8. The van der Waals surface area contributed by atoms with Gasteiger partial charge in [-0.3, -0.25) is 13.9 Å². The number of aryl methyl sites for hydroxylation is 1. The van der Waals surface area contributed by atoms with Gasteiger partial charge in [0.25, 0.3) is 10.0 Å². The minimum Gasteiger partial charge on any atom is -0.497 e. The number of carbonyl (C=O) groups excluding carboxylic acids is 2.